The van der Waals surface area contributed by atoms with Crippen molar-refractivity contribution < 1.29 is 0 Å². The van der Waals surface area contributed by atoms with E-state index < -0.39 is 0 Å². The molecule has 0 aliphatic heterocycles. The van der Waals surface area contributed by atoms with Crippen molar-refractivity contribution in [1.29, 1.82) is 0 Å². The van der Waals surface area contributed by atoms with Gasteiger partial charge in [-0.15, -0.1) is 0 Å². The number of benzene rings is 1. The average molecular weight is 157 g/mol. The second-order valence-corrected chi connectivity index (χ2v) is 2.46. The van der Waals surface area contributed by atoms with Gasteiger partial charge in [0.25, 0.3) is 0 Å². The van der Waals surface area contributed by atoms with E-state index in [1.54, 1.807) is 6.07 Å². The predicted molar refractivity (Wildman–Crippen MR) is 45.4 cm³/mol. The lowest BCUT2D eigenvalue weighted by atomic mass is 10.3. The van der Waals surface area contributed by atoms with E-state index >= 15 is 0 Å². The molecule has 0 fully saturated rings. The quantitative estimate of drug-likeness (QED) is 0.611. The highest BCUT2D eigenvalue weighted by Crippen LogP contribution is 2.19. The second-order valence-electron chi connectivity index (χ2n) is 2.02. The molecule has 0 radical (unpaired) electrons. The Morgan fingerprint density at radius 2 is 2.10 bits per heavy atom. The zero-order valence-electron chi connectivity index (χ0n) is 5.69. The first-order valence-corrected chi connectivity index (χ1v) is 3.34. The van der Waals surface area contributed by atoms with E-state index in [9.17, 15) is 0 Å². The van der Waals surface area contributed by atoms with Crippen molar-refractivity contribution in [3.8, 4) is 0 Å². The Bertz CT molecular complexity index is 215. The largest absolute Gasteiger partial charge is 0.399 e. The summed E-state index contributed by atoms with van der Waals surface area (Å²) >= 11 is 5.71. The molecule has 0 aliphatic rings. The maximum Gasteiger partial charge on any atom is 0.0446 e. The molecule has 0 heterocycles. The molecule has 10 heavy (non-hydrogen) atoms. The van der Waals surface area contributed by atoms with Crippen LogP contribution in [0.1, 0.15) is 0 Å². The first-order chi connectivity index (χ1) is 4.72. The minimum absolute atomic E-state index is 0.657. The van der Waals surface area contributed by atoms with Crippen LogP contribution in [0.3, 0.4) is 0 Å². The molecule has 0 atom stereocenters. The topological polar surface area (TPSA) is 38.0 Å². The molecule has 54 valence electrons. The minimum Gasteiger partial charge on any atom is -0.399 e. The first-order valence-electron chi connectivity index (χ1n) is 2.96. The molecule has 1 aromatic rings. The fourth-order valence-corrected chi connectivity index (χ4v) is 1.00. The highest BCUT2D eigenvalue weighted by molar-refractivity contribution is 6.31. The van der Waals surface area contributed by atoms with E-state index in [2.05, 4.69) is 5.32 Å². The standard InChI is InChI=1S/C7H9ClN2/c1-10-7-3-5(8)2-6(9)4-7/h2-4,10H,9H2,1H3. The molecule has 2 nitrogen and oxygen atoms in total. The number of hydrogen-bond donors (Lipinski definition) is 2. The van der Waals surface area contributed by atoms with Gasteiger partial charge in [0.05, 0.1) is 0 Å². The van der Waals surface area contributed by atoms with Crippen LogP contribution in [0.2, 0.25) is 5.02 Å². The summed E-state index contributed by atoms with van der Waals surface area (Å²) in [7, 11) is 1.82. The van der Waals surface area contributed by atoms with E-state index in [1.165, 1.54) is 0 Å². The molecule has 0 spiro atoms. The van der Waals surface area contributed by atoms with Gasteiger partial charge in [-0.3, -0.25) is 0 Å². The molecule has 0 aliphatic carbocycles. The second kappa shape index (κ2) is 2.80. The highest BCUT2D eigenvalue weighted by Gasteiger charge is 1.92. The van der Waals surface area contributed by atoms with Gasteiger partial charge in [-0.05, 0) is 18.2 Å². The number of nitrogens with one attached hydrogen (secondary N) is 1. The van der Waals surface area contributed by atoms with Crippen molar-refractivity contribution in [2.24, 2.45) is 0 Å². The highest BCUT2D eigenvalue weighted by atomic mass is 35.5. The summed E-state index contributed by atoms with van der Waals surface area (Å²) in [6.07, 6.45) is 0. The van der Waals surface area contributed by atoms with Gasteiger partial charge < -0.3 is 11.1 Å². The summed E-state index contributed by atoms with van der Waals surface area (Å²) < 4.78 is 0. The molecule has 1 aromatic carbocycles. The van der Waals surface area contributed by atoms with Crippen LogP contribution in [0.4, 0.5) is 11.4 Å². The van der Waals surface area contributed by atoms with Gasteiger partial charge in [-0.25, -0.2) is 0 Å². The smallest absolute Gasteiger partial charge is 0.0446 e. The summed E-state index contributed by atoms with van der Waals surface area (Å²) in [6, 6.07) is 5.35. The predicted octanol–water partition coefficient (Wildman–Crippen LogP) is 1.96. The number of nitrogen functional groups attached to an aromatic ring is 1. The fraction of sp³-hybridized carbons (Fsp3) is 0.143. The van der Waals surface area contributed by atoms with Gasteiger partial charge in [0, 0.05) is 23.4 Å². The monoisotopic (exact) mass is 156 g/mol. The molecular formula is C7H9ClN2. The van der Waals surface area contributed by atoms with Crippen LogP contribution in [-0.2, 0) is 0 Å². The minimum atomic E-state index is 0.657. The molecule has 1 rings (SSSR count). The maximum absolute atomic E-state index is 5.71. The van der Waals surface area contributed by atoms with Crippen molar-refractivity contribution >= 4 is 23.0 Å². The Morgan fingerprint density at radius 1 is 1.40 bits per heavy atom. The Hall–Kier alpha value is -0.890. The van der Waals surface area contributed by atoms with Crippen molar-refractivity contribution in [3.63, 3.8) is 0 Å². The molecule has 3 N–H and O–H groups in total. The average Bonchev–Trinajstić information content (AvgIpc) is 1.85. The van der Waals surface area contributed by atoms with Gasteiger partial charge in [-0.1, -0.05) is 11.6 Å². The summed E-state index contributed by atoms with van der Waals surface area (Å²) in [6.45, 7) is 0. The van der Waals surface area contributed by atoms with Gasteiger partial charge in [0.15, 0.2) is 0 Å². The van der Waals surface area contributed by atoms with Gasteiger partial charge in [-0.2, -0.15) is 0 Å². The third kappa shape index (κ3) is 1.54. The third-order valence-electron chi connectivity index (χ3n) is 1.21. The molecule has 3 heteroatoms. The molecule has 0 bridgehead atoms. The zero-order valence-corrected chi connectivity index (χ0v) is 6.44. The molecule has 0 aromatic heterocycles. The molecular weight excluding hydrogens is 148 g/mol. The van der Waals surface area contributed by atoms with Gasteiger partial charge in [0.1, 0.15) is 0 Å². The van der Waals surface area contributed by atoms with Crippen LogP contribution in [0.15, 0.2) is 18.2 Å². The maximum atomic E-state index is 5.71. The fourth-order valence-electron chi connectivity index (χ4n) is 0.757. The normalized spacial score (nSPS) is 9.40. The van der Waals surface area contributed by atoms with Crippen molar-refractivity contribution in [2.45, 2.75) is 0 Å². The molecule has 0 amide bonds. The molecule has 0 saturated carbocycles. The Labute approximate surface area is 65.0 Å². The lowest BCUT2D eigenvalue weighted by Gasteiger charge is -2.01. The van der Waals surface area contributed by atoms with Crippen LogP contribution in [0.25, 0.3) is 0 Å². The summed E-state index contributed by atoms with van der Waals surface area (Å²) in [5.74, 6) is 0. The van der Waals surface area contributed by atoms with Crippen molar-refractivity contribution in [2.75, 3.05) is 18.1 Å². The first kappa shape index (κ1) is 7.22. The Kier molecular flexibility index (Phi) is 2.02. The Morgan fingerprint density at radius 3 is 2.60 bits per heavy atom. The van der Waals surface area contributed by atoms with Gasteiger partial charge >= 0.3 is 0 Å². The van der Waals surface area contributed by atoms with E-state index in [0.29, 0.717) is 10.7 Å². The van der Waals surface area contributed by atoms with Crippen LogP contribution < -0.4 is 11.1 Å². The van der Waals surface area contributed by atoms with Crippen LogP contribution >= 0.6 is 11.6 Å². The summed E-state index contributed by atoms with van der Waals surface area (Å²) in [5.41, 5.74) is 7.12. The number of rotatable bonds is 1. The van der Waals surface area contributed by atoms with E-state index in [0.717, 1.165) is 5.69 Å². The molecule has 0 saturated heterocycles. The lowest BCUT2D eigenvalue weighted by molar-refractivity contribution is 1.51. The van der Waals surface area contributed by atoms with Crippen molar-refractivity contribution in [1.82, 2.24) is 0 Å². The van der Waals surface area contributed by atoms with Crippen LogP contribution in [0, 0.1) is 0 Å². The number of anilines is 2. The number of halogens is 1. The van der Waals surface area contributed by atoms with E-state index in [-0.39, 0.29) is 0 Å². The van der Waals surface area contributed by atoms with Crippen LogP contribution in [0.5, 0.6) is 0 Å². The number of hydrogen-bond acceptors (Lipinski definition) is 2. The number of nitrogens with two attached hydrogens (primary N) is 1. The van der Waals surface area contributed by atoms with E-state index in [1.807, 2.05) is 19.2 Å². The SMILES string of the molecule is CNc1cc(N)cc(Cl)c1. The van der Waals surface area contributed by atoms with Gasteiger partial charge in [0.2, 0.25) is 0 Å². The Balaban J connectivity index is 3.06. The van der Waals surface area contributed by atoms with Crippen LogP contribution in [-0.4, -0.2) is 7.05 Å². The lowest BCUT2D eigenvalue weighted by Crippen LogP contribution is -1.90. The third-order valence-corrected chi connectivity index (χ3v) is 1.43. The summed E-state index contributed by atoms with van der Waals surface area (Å²) in [5, 5.41) is 3.60. The van der Waals surface area contributed by atoms with Crippen molar-refractivity contribution in [3.05, 3.63) is 23.2 Å². The van der Waals surface area contributed by atoms with E-state index in [4.69, 9.17) is 17.3 Å². The zero-order chi connectivity index (χ0) is 7.56. The summed E-state index contributed by atoms with van der Waals surface area (Å²) in [4.78, 5) is 0. The molecule has 0 unspecified atom stereocenters.